The van der Waals surface area contributed by atoms with Crippen molar-refractivity contribution >= 4 is 28.2 Å². The third kappa shape index (κ3) is 4.81. The molecule has 22 heavy (non-hydrogen) atoms. The Bertz CT molecular complexity index is 490. The third-order valence-electron chi connectivity index (χ3n) is 4.24. The van der Waals surface area contributed by atoms with Crippen LogP contribution in [0.2, 0.25) is 0 Å². The van der Waals surface area contributed by atoms with E-state index in [4.69, 9.17) is 0 Å². The summed E-state index contributed by atoms with van der Waals surface area (Å²) in [5, 5.41) is 8.16. The van der Waals surface area contributed by atoms with Crippen molar-refractivity contribution in [2.24, 2.45) is 0 Å². The predicted octanol–water partition coefficient (Wildman–Crippen LogP) is 3.23. The Balaban J connectivity index is 1.81. The van der Waals surface area contributed by atoms with Crippen LogP contribution in [0, 0.1) is 0 Å². The van der Waals surface area contributed by atoms with E-state index in [2.05, 4.69) is 29.0 Å². The fourth-order valence-corrected chi connectivity index (χ4v) is 5.14. The Hall–Kier alpha value is -0.880. The van der Waals surface area contributed by atoms with Crippen LogP contribution in [-0.4, -0.2) is 33.8 Å². The Labute approximate surface area is 139 Å². The fraction of sp³-hybridized carbons (Fsp3) is 0.688. The van der Waals surface area contributed by atoms with Gasteiger partial charge in [-0.2, -0.15) is 0 Å². The van der Waals surface area contributed by atoms with Gasteiger partial charge in [-0.25, -0.2) is 4.79 Å². The quantitative estimate of drug-likeness (QED) is 0.834. The van der Waals surface area contributed by atoms with Gasteiger partial charge in [0.2, 0.25) is 0 Å². The van der Waals surface area contributed by atoms with Crippen molar-refractivity contribution < 1.29 is 9.00 Å². The standard InChI is InChI=1S/C16H26N2O2S2/c1-3-22(20)15-9-5-4-7-13(15)18-16(19)17-11-12(2)14-8-6-10-21-14/h6,8,10,12-13,15H,3-5,7,9,11H2,1-2H3,(H2,17,18,19)/t12-,13-,15+,22+/m0/s1. The highest BCUT2D eigenvalue weighted by Crippen LogP contribution is 2.23. The topological polar surface area (TPSA) is 58.2 Å². The molecule has 124 valence electrons. The van der Waals surface area contributed by atoms with E-state index in [0.29, 0.717) is 18.2 Å². The second kappa shape index (κ2) is 8.67. The summed E-state index contributed by atoms with van der Waals surface area (Å²) in [7, 11) is -0.838. The van der Waals surface area contributed by atoms with Crippen molar-refractivity contribution in [2.75, 3.05) is 12.3 Å². The molecule has 0 aromatic carbocycles. The molecule has 0 bridgehead atoms. The first-order valence-corrected chi connectivity index (χ1v) is 10.3. The molecule has 1 aliphatic carbocycles. The highest BCUT2D eigenvalue weighted by molar-refractivity contribution is 7.85. The lowest BCUT2D eigenvalue weighted by Gasteiger charge is -2.31. The van der Waals surface area contributed by atoms with Crippen molar-refractivity contribution in [1.82, 2.24) is 10.6 Å². The van der Waals surface area contributed by atoms with Gasteiger partial charge in [0.25, 0.3) is 0 Å². The van der Waals surface area contributed by atoms with Gasteiger partial charge in [-0.3, -0.25) is 4.21 Å². The van der Waals surface area contributed by atoms with Crippen molar-refractivity contribution in [2.45, 2.75) is 56.7 Å². The van der Waals surface area contributed by atoms with Crippen LogP contribution in [0.15, 0.2) is 17.5 Å². The molecule has 1 aromatic rings. The zero-order valence-electron chi connectivity index (χ0n) is 13.3. The van der Waals surface area contributed by atoms with Gasteiger partial charge in [0.1, 0.15) is 0 Å². The van der Waals surface area contributed by atoms with Gasteiger partial charge in [-0.1, -0.05) is 32.8 Å². The lowest BCUT2D eigenvalue weighted by Crippen LogP contribution is -2.50. The Morgan fingerprint density at radius 3 is 2.91 bits per heavy atom. The summed E-state index contributed by atoms with van der Waals surface area (Å²) < 4.78 is 12.1. The molecule has 2 N–H and O–H groups in total. The molecule has 1 fully saturated rings. The molecule has 1 saturated carbocycles. The molecule has 0 radical (unpaired) electrons. The maximum absolute atomic E-state index is 12.1. The summed E-state index contributed by atoms with van der Waals surface area (Å²) in [4.78, 5) is 13.4. The van der Waals surface area contributed by atoms with E-state index in [1.807, 2.05) is 13.0 Å². The Morgan fingerprint density at radius 2 is 2.23 bits per heavy atom. The summed E-state index contributed by atoms with van der Waals surface area (Å²) in [6, 6.07) is 4.04. The lowest BCUT2D eigenvalue weighted by molar-refractivity contribution is 0.232. The van der Waals surface area contributed by atoms with Crippen LogP contribution < -0.4 is 10.6 Å². The van der Waals surface area contributed by atoms with E-state index in [9.17, 15) is 9.00 Å². The molecule has 2 amide bonds. The van der Waals surface area contributed by atoms with E-state index in [-0.39, 0.29) is 17.3 Å². The van der Waals surface area contributed by atoms with E-state index in [1.54, 1.807) is 11.3 Å². The number of carbonyl (C=O) groups is 1. The minimum atomic E-state index is -0.838. The third-order valence-corrected chi connectivity index (χ3v) is 7.15. The van der Waals surface area contributed by atoms with E-state index >= 15 is 0 Å². The van der Waals surface area contributed by atoms with Crippen LogP contribution in [0.25, 0.3) is 0 Å². The molecule has 1 aromatic heterocycles. The second-order valence-corrected chi connectivity index (χ2v) is 8.79. The molecule has 4 nitrogen and oxygen atoms in total. The first-order valence-electron chi connectivity index (χ1n) is 8.06. The lowest BCUT2D eigenvalue weighted by atomic mass is 9.95. The molecule has 0 aliphatic heterocycles. The number of rotatable bonds is 6. The molecular formula is C16H26N2O2S2. The first kappa shape index (κ1) is 17.5. The summed E-state index contributed by atoms with van der Waals surface area (Å²) in [6.07, 6.45) is 4.11. The maximum atomic E-state index is 12.1. The number of carbonyl (C=O) groups excluding carboxylic acids is 1. The van der Waals surface area contributed by atoms with Crippen LogP contribution in [0.4, 0.5) is 4.79 Å². The van der Waals surface area contributed by atoms with E-state index in [0.717, 1.165) is 25.7 Å². The van der Waals surface area contributed by atoms with Gasteiger partial charge in [-0.05, 0) is 24.3 Å². The fourth-order valence-electron chi connectivity index (χ4n) is 2.93. The number of urea groups is 1. The van der Waals surface area contributed by atoms with E-state index < -0.39 is 10.8 Å². The molecule has 0 spiro atoms. The van der Waals surface area contributed by atoms with Crippen molar-refractivity contribution in [3.05, 3.63) is 22.4 Å². The highest BCUT2D eigenvalue weighted by atomic mass is 32.2. The van der Waals surface area contributed by atoms with Crippen molar-refractivity contribution in [1.29, 1.82) is 0 Å². The molecule has 1 heterocycles. The van der Waals surface area contributed by atoms with E-state index in [1.165, 1.54) is 4.88 Å². The second-order valence-electron chi connectivity index (χ2n) is 5.87. The number of hydrogen-bond donors (Lipinski definition) is 2. The smallest absolute Gasteiger partial charge is 0.315 e. The molecule has 0 unspecified atom stereocenters. The number of nitrogens with one attached hydrogen (secondary N) is 2. The minimum absolute atomic E-state index is 0.0478. The van der Waals surface area contributed by atoms with Gasteiger partial charge >= 0.3 is 6.03 Å². The summed E-state index contributed by atoms with van der Waals surface area (Å²) in [5.74, 6) is 0.984. The Kier molecular flexibility index (Phi) is 6.89. The monoisotopic (exact) mass is 342 g/mol. The van der Waals surface area contributed by atoms with Gasteiger partial charge in [0.15, 0.2) is 0 Å². The zero-order valence-corrected chi connectivity index (χ0v) is 15.0. The van der Waals surface area contributed by atoms with Gasteiger partial charge in [0.05, 0.1) is 5.25 Å². The molecule has 6 heteroatoms. The van der Waals surface area contributed by atoms with Crippen LogP contribution in [0.1, 0.15) is 50.3 Å². The molecule has 4 atom stereocenters. The Morgan fingerprint density at radius 1 is 1.45 bits per heavy atom. The van der Waals surface area contributed by atoms with Gasteiger partial charge < -0.3 is 10.6 Å². The van der Waals surface area contributed by atoms with Gasteiger partial charge in [-0.15, -0.1) is 11.3 Å². The average molecular weight is 343 g/mol. The molecule has 0 saturated heterocycles. The van der Waals surface area contributed by atoms with Gasteiger partial charge in [0, 0.05) is 39.9 Å². The average Bonchev–Trinajstić information content (AvgIpc) is 3.07. The normalized spacial score (nSPS) is 24.5. The zero-order chi connectivity index (χ0) is 15.9. The number of amides is 2. The van der Waals surface area contributed by atoms with Crippen LogP contribution in [-0.2, 0) is 10.8 Å². The molecule has 1 aliphatic rings. The van der Waals surface area contributed by atoms with Crippen LogP contribution >= 0.6 is 11.3 Å². The first-order chi connectivity index (χ1) is 10.6. The van der Waals surface area contributed by atoms with Crippen molar-refractivity contribution in [3.63, 3.8) is 0 Å². The minimum Gasteiger partial charge on any atom is -0.338 e. The summed E-state index contributed by atoms with van der Waals surface area (Å²) >= 11 is 1.71. The maximum Gasteiger partial charge on any atom is 0.315 e. The number of hydrogen-bond acceptors (Lipinski definition) is 3. The molecular weight excluding hydrogens is 316 g/mol. The van der Waals surface area contributed by atoms with Crippen LogP contribution in [0.5, 0.6) is 0 Å². The molecule has 2 rings (SSSR count). The van der Waals surface area contributed by atoms with Crippen LogP contribution in [0.3, 0.4) is 0 Å². The summed E-state index contributed by atoms with van der Waals surface area (Å²) in [6.45, 7) is 4.69. The summed E-state index contributed by atoms with van der Waals surface area (Å²) in [5.41, 5.74) is 0. The highest BCUT2D eigenvalue weighted by Gasteiger charge is 2.30. The number of thiophene rings is 1. The van der Waals surface area contributed by atoms with Crippen molar-refractivity contribution in [3.8, 4) is 0 Å². The SMILES string of the molecule is CC[S@@](=O)[C@@H]1CCCC[C@@H]1NC(=O)NC[C@H](C)c1cccs1. The largest absolute Gasteiger partial charge is 0.338 e. The predicted molar refractivity (Wildman–Crippen MR) is 94.0 cm³/mol.